The molecule has 0 aliphatic rings. The molecule has 0 aromatic heterocycles. The van der Waals surface area contributed by atoms with E-state index in [4.69, 9.17) is 14.2 Å². The molecule has 1 rings (SSSR count). The summed E-state index contributed by atoms with van der Waals surface area (Å²) in [6.07, 6.45) is -1.31. The van der Waals surface area contributed by atoms with Crippen LogP contribution in [0.1, 0.15) is 32.4 Å². The Kier molecular flexibility index (Phi) is 6.78. The van der Waals surface area contributed by atoms with Crippen LogP contribution in [-0.4, -0.2) is 42.7 Å². The highest BCUT2D eigenvalue weighted by Crippen LogP contribution is 2.29. The van der Waals surface area contributed by atoms with E-state index in [9.17, 15) is 10.2 Å². The monoisotopic (exact) mass is 284 g/mol. The van der Waals surface area contributed by atoms with Crippen molar-refractivity contribution in [1.29, 1.82) is 0 Å². The third-order valence-electron chi connectivity index (χ3n) is 2.72. The van der Waals surface area contributed by atoms with Crippen LogP contribution in [0, 0.1) is 0 Å². The lowest BCUT2D eigenvalue weighted by molar-refractivity contribution is -0.0126. The zero-order chi connectivity index (χ0) is 15.1. The van der Waals surface area contributed by atoms with Crippen molar-refractivity contribution in [1.82, 2.24) is 0 Å². The van der Waals surface area contributed by atoms with Gasteiger partial charge in [0.05, 0.1) is 25.9 Å². The maximum absolute atomic E-state index is 9.77. The molecular formula is C15H24O5. The summed E-state index contributed by atoms with van der Waals surface area (Å²) >= 11 is 0. The molecule has 0 spiro atoms. The third kappa shape index (κ3) is 5.36. The van der Waals surface area contributed by atoms with Crippen LogP contribution in [0.15, 0.2) is 18.2 Å². The van der Waals surface area contributed by atoms with Crippen LogP contribution in [-0.2, 0) is 4.74 Å². The second-order valence-electron chi connectivity index (χ2n) is 4.93. The third-order valence-corrected chi connectivity index (χ3v) is 2.72. The lowest BCUT2D eigenvalue weighted by atomic mass is 10.1. The summed E-state index contributed by atoms with van der Waals surface area (Å²) in [4.78, 5) is 0. The van der Waals surface area contributed by atoms with Crippen LogP contribution in [0.4, 0.5) is 0 Å². The van der Waals surface area contributed by atoms with Crippen LogP contribution in [0.2, 0.25) is 0 Å². The molecule has 2 atom stereocenters. The van der Waals surface area contributed by atoms with E-state index in [0.717, 1.165) is 0 Å². The lowest BCUT2D eigenvalue weighted by Crippen LogP contribution is -2.25. The summed E-state index contributed by atoms with van der Waals surface area (Å²) in [7, 11) is 1.56. The summed E-state index contributed by atoms with van der Waals surface area (Å²) in [5.74, 6) is 1.14. The highest BCUT2D eigenvalue weighted by atomic mass is 16.5. The van der Waals surface area contributed by atoms with Crippen LogP contribution in [0.25, 0.3) is 0 Å². The first-order chi connectivity index (χ1) is 9.43. The van der Waals surface area contributed by atoms with Crippen LogP contribution in [0.3, 0.4) is 0 Å². The molecule has 2 unspecified atom stereocenters. The zero-order valence-corrected chi connectivity index (χ0v) is 12.5. The fourth-order valence-electron chi connectivity index (χ4n) is 1.65. The molecule has 0 saturated heterocycles. The number of ether oxygens (including phenoxy) is 3. The number of hydrogen-bond donors (Lipinski definition) is 2. The van der Waals surface area contributed by atoms with E-state index in [1.165, 1.54) is 0 Å². The Hall–Kier alpha value is -1.30. The summed E-state index contributed by atoms with van der Waals surface area (Å²) < 4.78 is 16.0. The van der Waals surface area contributed by atoms with E-state index in [1.807, 2.05) is 13.8 Å². The Bertz CT molecular complexity index is 403. The van der Waals surface area contributed by atoms with E-state index in [-0.39, 0.29) is 19.3 Å². The Morgan fingerprint density at radius 2 is 1.80 bits per heavy atom. The molecule has 2 N–H and O–H groups in total. The second kappa shape index (κ2) is 8.09. The molecule has 0 amide bonds. The SMILES string of the molecule is COc1ccc(C(C)O)c(OCC(O)COC(C)C)c1. The van der Waals surface area contributed by atoms with Gasteiger partial charge in [-0.15, -0.1) is 0 Å². The van der Waals surface area contributed by atoms with Crippen LogP contribution >= 0.6 is 0 Å². The van der Waals surface area contributed by atoms with Crippen LogP contribution < -0.4 is 9.47 Å². The fourth-order valence-corrected chi connectivity index (χ4v) is 1.65. The first-order valence-electron chi connectivity index (χ1n) is 6.72. The van der Waals surface area contributed by atoms with Crippen molar-refractivity contribution < 1.29 is 24.4 Å². The van der Waals surface area contributed by atoms with Gasteiger partial charge in [-0.1, -0.05) is 0 Å². The average molecular weight is 284 g/mol. The lowest BCUT2D eigenvalue weighted by Gasteiger charge is -2.18. The van der Waals surface area contributed by atoms with Crippen molar-refractivity contribution in [3.8, 4) is 11.5 Å². The molecule has 0 aliphatic carbocycles. The normalized spacial score (nSPS) is 14.2. The average Bonchev–Trinajstić information content (AvgIpc) is 2.42. The molecule has 20 heavy (non-hydrogen) atoms. The molecule has 0 fully saturated rings. The summed E-state index contributed by atoms with van der Waals surface area (Å²) in [5.41, 5.74) is 0.655. The van der Waals surface area contributed by atoms with Gasteiger partial charge in [-0.05, 0) is 32.9 Å². The van der Waals surface area contributed by atoms with Crippen molar-refractivity contribution in [3.63, 3.8) is 0 Å². The van der Waals surface area contributed by atoms with Gasteiger partial charge in [-0.25, -0.2) is 0 Å². The predicted octanol–water partition coefficient (Wildman–Crippen LogP) is 1.91. The van der Waals surface area contributed by atoms with Crippen LogP contribution in [0.5, 0.6) is 11.5 Å². The minimum atomic E-state index is -0.717. The number of aliphatic hydroxyl groups is 2. The quantitative estimate of drug-likeness (QED) is 0.763. The first kappa shape index (κ1) is 16.8. The minimum Gasteiger partial charge on any atom is -0.497 e. The first-order valence-corrected chi connectivity index (χ1v) is 6.72. The number of hydrogen-bond acceptors (Lipinski definition) is 5. The molecule has 5 heteroatoms. The van der Waals surface area contributed by atoms with E-state index < -0.39 is 12.2 Å². The zero-order valence-electron chi connectivity index (χ0n) is 12.5. The Labute approximate surface area is 120 Å². The molecule has 114 valence electrons. The predicted molar refractivity (Wildman–Crippen MR) is 76.2 cm³/mol. The van der Waals surface area contributed by atoms with Gasteiger partial charge in [0.1, 0.15) is 24.2 Å². The van der Waals surface area contributed by atoms with Crippen molar-refractivity contribution in [3.05, 3.63) is 23.8 Å². The van der Waals surface area contributed by atoms with Crippen molar-refractivity contribution >= 4 is 0 Å². The summed E-state index contributed by atoms with van der Waals surface area (Å²) in [5, 5.41) is 19.5. The van der Waals surface area contributed by atoms with Gasteiger partial charge in [0.25, 0.3) is 0 Å². The number of aliphatic hydroxyl groups excluding tert-OH is 2. The largest absolute Gasteiger partial charge is 0.497 e. The van der Waals surface area contributed by atoms with Crippen molar-refractivity contribution in [2.75, 3.05) is 20.3 Å². The maximum atomic E-state index is 9.77. The van der Waals surface area contributed by atoms with Gasteiger partial charge in [0, 0.05) is 11.6 Å². The molecule has 5 nitrogen and oxygen atoms in total. The highest BCUT2D eigenvalue weighted by molar-refractivity contribution is 5.41. The number of rotatable bonds is 8. The maximum Gasteiger partial charge on any atom is 0.128 e. The standard InChI is InChI=1S/C15H24O5/c1-10(2)19-8-12(17)9-20-15-7-13(18-4)5-6-14(15)11(3)16/h5-7,10-12,16-17H,8-9H2,1-4H3. The smallest absolute Gasteiger partial charge is 0.128 e. The van der Waals surface area contributed by atoms with Gasteiger partial charge in [0.15, 0.2) is 0 Å². The number of benzene rings is 1. The van der Waals surface area contributed by atoms with Crippen molar-refractivity contribution in [2.24, 2.45) is 0 Å². The molecule has 0 aliphatic heterocycles. The topological polar surface area (TPSA) is 68.2 Å². The van der Waals surface area contributed by atoms with E-state index in [0.29, 0.717) is 17.1 Å². The molecule has 0 heterocycles. The molecular weight excluding hydrogens is 260 g/mol. The Balaban J connectivity index is 2.65. The molecule has 1 aromatic carbocycles. The minimum absolute atomic E-state index is 0.0643. The second-order valence-corrected chi connectivity index (χ2v) is 4.93. The van der Waals surface area contributed by atoms with Gasteiger partial charge < -0.3 is 24.4 Å². The molecule has 0 bridgehead atoms. The Morgan fingerprint density at radius 1 is 1.10 bits per heavy atom. The molecule has 1 aromatic rings. The van der Waals surface area contributed by atoms with E-state index >= 15 is 0 Å². The molecule has 0 radical (unpaired) electrons. The van der Waals surface area contributed by atoms with Gasteiger partial charge >= 0.3 is 0 Å². The fraction of sp³-hybridized carbons (Fsp3) is 0.600. The van der Waals surface area contributed by atoms with E-state index in [1.54, 1.807) is 32.2 Å². The van der Waals surface area contributed by atoms with Crippen molar-refractivity contribution in [2.45, 2.75) is 39.1 Å². The highest BCUT2D eigenvalue weighted by Gasteiger charge is 2.13. The number of methoxy groups -OCH3 is 1. The van der Waals surface area contributed by atoms with Gasteiger partial charge in [-0.3, -0.25) is 0 Å². The van der Waals surface area contributed by atoms with E-state index in [2.05, 4.69) is 0 Å². The molecule has 0 saturated carbocycles. The van der Waals surface area contributed by atoms with Gasteiger partial charge in [-0.2, -0.15) is 0 Å². The summed E-state index contributed by atoms with van der Waals surface area (Å²) in [6, 6.07) is 5.20. The van der Waals surface area contributed by atoms with Gasteiger partial charge in [0.2, 0.25) is 0 Å². The Morgan fingerprint density at radius 3 is 2.35 bits per heavy atom. The summed E-state index contributed by atoms with van der Waals surface area (Å²) in [6.45, 7) is 5.78.